The van der Waals surface area contributed by atoms with Gasteiger partial charge in [-0.3, -0.25) is 4.79 Å². The van der Waals surface area contributed by atoms with E-state index < -0.39 is 17.8 Å². The van der Waals surface area contributed by atoms with Gasteiger partial charge in [0.1, 0.15) is 34.6 Å². The summed E-state index contributed by atoms with van der Waals surface area (Å²) in [4.78, 5) is 29.5. The third-order valence-electron chi connectivity index (χ3n) is 5.58. The summed E-state index contributed by atoms with van der Waals surface area (Å²) in [5.74, 6) is 0.615. The third kappa shape index (κ3) is 5.85. The maximum atomic E-state index is 13.9. The van der Waals surface area contributed by atoms with E-state index in [1.807, 2.05) is 32.1 Å². The third-order valence-corrected chi connectivity index (χ3v) is 5.58. The number of carbonyl (C=O) groups is 1. The summed E-state index contributed by atoms with van der Waals surface area (Å²) in [6, 6.07) is 8.91. The van der Waals surface area contributed by atoms with Gasteiger partial charge >= 0.3 is 5.97 Å². The zero-order chi connectivity index (χ0) is 26.7. The standard InChI is InChI=1S/C27H28FN5O4/c1-14(2)33-37-15(3)9-18-11-22-20(12-23(18)36-5)25-26(29-16(4)30-27(25)32-22)31-21(13-24(34)35)17-7-6-8-19(28)10-17/h6-12,21H,13H2,1-5H3,(H,34,35)(H2,29,30,31,32)/b15-9+. The number of fused-ring (bicyclic) bond motifs is 3. The number of methoxy groups -OCH3 is 1. The molecule has 3 N–H and O–H groups in total. The lowest BCUT2D eigenvalue weighted by atomic mass is 10.0. The number of hydrogen-bond donors (Lipinski definition) is 3. The number of nitrogens with zero attached hydrogens (tertiary/aromatic N) is 3. The number of aryl methyl sites for hydroxylation is 1. The van der Waals surface area contributed by atoms with Crippen LogP contribution >= 0.6 is 0 Å². The van der Waals surface area contributed by atoms with Crippen LogP contribution in [0.4, 0.5) is 10.2 Å². The first-order valence-electron chi connectivity index (χ1n) is 11.6. The number of H-pyrrole nitrogens is 1. The van der Waals surface area contributed by atoms with Crippen molar-refractivity contribution in [1.82, 2.24) is 15.0 Å². The van der Waals surface area contributed by atoms with E-state index >= 15 is 0 Å². The quantitative estimate of drug-likeness (QED) is 0.146. The molecule has 10 heteroatoms. The van der Waals surface area contributed by atoms with Crippen LogP contribution in [-0.2, 0) is 9.63 Å². The summed E-state index contributed by atoms with van der Waals surface area (Å²) >= 11 is 0. The summed E-state index contributed by atoms with van der Waals surface area (Å²) in [6.45, 7) is 7.23. The number of allylic oxidation sites excluding steroid dienone is 1. The maximum absolute atomic E-state index is 13.9. The van der Waals surface area contributed by atoms with E-state index in [0.29, 0.717) is 39.7 Å². The number of carboxylic acids is 1. The van der Waals surface area contributed by atoms with Crippen LogP contribution < -0.4 is 10.1 Å². The molecule has 192 valence electrons. The van der Waals surface area contributed by atoms with E-state index in [0.717, 1.165) is 22.2 Å². The molecule has 1 unspecified atom stereocenters. The van der Waals surface area contributed by atoms with Crippen molar-refractivity contribution in [2.24, 2.45) is 5.16 Å². The molecule has 9 nitrogen and oxygen atoms in total. The molecule has 0 aliphatic heterocycles. The van der Waals surface area contributed by atoms with E-state index in [9.17, 15) is 14.3 Å². The summed E-state index contributed by atoms with van der Waals surface area (Å²) in [5.41, 5.74) is 3.40. The fraction of sp³-hybridized carbons (Fsp3) is 0.259. The lowest BCUT2D eigenvalue weighted by Crippen LogP contribution is -2.16. The van der Waals surface area contributed by atoms with Gasteiger partial charge in [0.05, 0.1) is 30.7 Å². The zero-order valence-corrected chi connectivity index (χ0v) is 21.2. The van der Waals surface area contributed by atoms with Gasteiger partial charge in [-0.05, 0) is 63.6 Å². The molecule has 0 spiro atoms. The second-order valence-corrected chi connectivity index (χ2v) is 8.84. The number of aromatic amines is 1. The minimum atomic E-state index is -1.03. The molecule has 0 radical (unpaired) electrons. The first-order valence-corrected chi connectivity index (χ1v) is 11.6. The van der Waals surface area contributed by atoms with Crippen molar-refractivity contribution < 1.29 is 23.9 Å². The average molecular weight is 506 g/mol. The predicted octanol–water partition coefficient (Wildman–Crippen LogP) is 5.97. The fourth-order valence-electron chi connectivity index (χ4n) is 4.07. The second kappa shape index (κ2) is 10.7. The number of hydrogen-bond acceptors (Lipinski definition) is 7. The Hall–Kier alpha value is -4.47. The number of aliphatic carboxylic acids is 1. The summed E-state index contributed by atoms with van der Waals surface area (Å²) < 4.78 is 19.6. The lowest BCUT2D eigenvalue weighted by Gasteiger charge is -2.19. The van der Waals surface area contributed by atoms with Crippen LogP contribution in [0.3, 0.4) is 0 Å². The molecule has 0 fully saturated rings. The highest BCUT2D eigenvalue weighted by molar-refractivity contribution is 6.12. The van der Waals surface area contributed by atoms with Crippen LogP contribution in [0.1, 0.15) is 50.2 Å². The van der Waals surface area contributed by atoms with E-state index in [1.54, 1.807) is 33.1 Å². The van der Waals surface area contributed by atoms with Crippen LogP contribution in [0, 0.1) is 12.7 Å². The fourth-order valence-corrected chi connectivity index (χ4v) is 4.07. The summed E-state index contributed by atoms with van der Waals surface area (Å²) in [7, 11) is 1.57. The number of halogens is 1. The van der Waals surface area contributed by atoms with Crippen molar-refractivity contribution in [2.45, 2.75) is 40.2 Å². The molecule has 0 saturated heterocycles. The topological polar surface area (TPSA) is 122 Å². The monoisotopic (exact) mass is 505 g/mol. The summed E-state index contributed by atoms with van der Waals surface area (Å²) in [5, 5.41) is 18.2. The van der Waals surface area contributed by atoms with Gasteiger partial charge in [0.25, 0.3) is 0 Å². The Balaban J connectivity index is 1.84. The molecular weight excluding hydrogens is 477 g/mol. The summed E-state index contributed by atoms with van der Waals surface area (Å²) in [6.07, 6.45) is 1.55. The van der Waals surface area contributed by atoms with Crippen molar-refractivity contribution in [3.63, 3.8) is 0 Å². The zero-order valence-electron chi connectivity index (χ0n) is 21.2. The Morgan fingerprint density at radius 3 is 2.70 bits per heavy atom. The number of oxime groups is 1. The van der Waals surface area contributed by atoms with Gasteiger partial charge in [0.15, 0.2) is 0 Å². The van der Waals surface area contributed by atoms with Crippen molar-refractivity contribution in [2.75, 3.05) is 12.4 Å². The number of carboxylic acid groups (broad SMARTS) is 1. The molecule has 0 aliphatic carbocycles. The van der Waals surface area contributed by atoms with Gasteiger partial charge in [0, 0.05) is 16.5 Å². The van der Waals surface area contributed by atoms with Crippen LogP contribution in [0.2, 0.25) is 0 Å². The van der Waals surface area contributed by atoms with Gasteiger partial charge in [0.2, 0.25) is 0 Å². The molecule has 0 aliphatic rings. The Morgan fingerprint density at radius 2 is 2.03 bits per heavy atom. The second-order valence-electron chi connectivity index (χ2n) is 8.84. The van der Waals surface area contributed by atoms with Gasteiger partial charge in [-0.1, -0.05) is 17.3 Å². The first-order chi connectivity index (χ1) is 17.6. The van der Waals surface area contributed by atoms with E-state index in [4.69, 9.17) is 9.57 Å². The molecule has 0 amide bonds. The first kappa shape index (κ1) is 25.6. The van der Waals surface area contributed by atoms with Gasteiger partial charge in [-0.2, -0.15) is 0 Å². The Bertz CT molecular complexity index is 1540. The van der Waals surface area contributed by atoms with Crippen molar-refractivity contribution in [3.05, 3.63) is 64.9 Å². The molecule has 4 aromatic rings. The van der Waals surface area contributed by atoms with Gasteiger partial charge in [-0.25, -0.2) is 14.4 Å². The predicted molar refractivity (Wildman–Crippen MR) is 141 cm³/mol. The maximum Gasteiger partial charge on any atom is 0.305 e. The molecule has 2 aromatic heterocycles. The molecular formula is C27H28FN5O4. The Kier molecular flexibility index (Phi) is 7.37. The van der Waals surface area contributed by atoms with Crippen LogP contribution in [0.5, 0.6) is 5.75 Å². The van der Waals surface area contributed by atoms with Gasteiger partial charge < -0.3 is 25.0 Å². The highest BCUT2D eigenvalue weighted by atomic mass is 19.1. The number of rotatable bonds is 9. The number of benzene rings is 2. The molecule has 2 aromatic carbocycles. The van der Waals surface area contributed by atoms with Crippen molar-refractivity contribution in [3.8, 4) is 5.75 Å². The number of ether oxygens (including phenoxy) is 1. The van der Waals surface area contributed by atoms with Crippen LogP contribution in [0.25, 0.3) is 28.0 Å². The minimum Gasteiger partial charge on any atom is -0.496 e. The molecule has 0 saturated carbocycles. The molecule has 0 bridgehead atoms. The van der Waals surface area contributed by atoms with Crippen molar-refractivity contribution in [1.29, 1.82) is 0 Å². The SMILES string of the molecule is COc1cc2c(cc1/C=C(\C)ON=C(C)C)[nH]c1nc(C)nc(NC(CC(=O)O)c3cccc(F)c3)c12. The highest BCUT2D eigenvalue weighted by Gasteiger charge is 2.21. The molecule has 37 heavy (non-hydrogen) atoms. The average Bonchev–Trinajstić information content (AvgIpc) is 3.18. The molecule has 1 atom stereocenters. The van der Waals surface area contributed by atoms with E-state index in [2.05, 4.69) is 25.4 Å². The minimum absolute atomic E-state index is 0.270. The van der Waals surface area contributed by atoms with Crippen molar-refractivity contribution >= 4 is 45.5 Å². The highest BCUT2D eigenvalue weighted by Crippen LogP contribution is 2.36. The number of nitrogens with one attached hydrogen (secondary N) is 2. The smallest absolute Gasteiger partial charge is 0.305 e. The van der Waals surface area contributed by atoms with Crippen LogP contribution in [0.15, 0.2) is 47.3 Å². The molecule has 4 rings (SSSR count). The Morgan fingerprint density at radius 1 is 1.24 bits per heavy atom. The van der Waals surface area contributed by atoms with E-state index in [1.165, 1.54) is 12.1 Å². The molecule has 2 heterocycles. The lowest BCUT2D eigenvalue weighted by molar-refractivity contribution is -0.137. The van der Waals surface area contributed by atoms with Gasteiger partial charge in [-0.15, -0.1) is 0 Å². The number of anilines is 1. The normalized spacial score (nSPS) is 12.4. The van der Waals surface area contributed by atoms with E-state index in [-0.39, 0.29) is 6.42 Å². The Labute approximate surface area is 213 Å². The largest absolute Gasteiger partial charge is 0.496 e. The van der Waals surface area contributed by atoms with Crippen LogP contribution in [-0.4, -0.2) is 38.8 Å². The number of aromatic nitrogens is 3.